The lowest BCUT2D eigenvalue weighted by atomic mass is 10.1. The number of aryl methyl sites for hydroxylation is 1. The van der Waals surface area contributed by atoms with Gasteiger partial charge in [-0.05, 0) is 18.4 Å². The number of aromatic nitrogens is 2. The topological polar surface area (TPSA) is 59.0 Å². The van der Waals surface area contributed by atoms with Crippen LogP contribution in [0.25, 0.3) is 0 Å². The summed E-state index contributed by atoms with van der Waals surface area (Å²) in [5.74, 6) is 0. The Kier molecular flexibility index (Phi) is 5.64. The molecule has 1 aromatic carbocycles. The second kappa shape index (κ2) is 7.99. The van der Waals surface area contributed by atoms with Gasteiger partial charge in [-0.3, -0.25) is 0 Å². The van der Waals surface area contributed by atoms with E-state index in [0.717, 1.165) is 19.4 Å². The molecule has 2 aromatic rings. The predicted octanol–water partition coefficient (Wildman–Crippen LogP) is 1.82. The van der Waals surface area contributed by atoms with Gasteiger partial charge in [-0.15, -0.1) is 0 Å². The summed E-state index contributed by atoms with van der Waals surface area (Å²) in [5.41, 5.74) is 1.23. The summed E-state index contributed by atoms with van der Waals surface area (Å²) in [5, 5.41) is 5.70. The third kappa shape index (κ3) is 5.14. The molecule has 1 heterocycles. The highest BCUT2D eigenvalue weighted by molar-refractivity contribution is 5.73. The molecule has 0 atom stereocenters. The van der Waals surface area contributed by atoms with Crippen molar-refractivity contribution in [3.05, 3.63) is 54.6 Å². The third-order valence-corrected chi connectivity index (χ3v) is 2.98. The normalized spacial score (nSPS) is 10.2. The minimum Gasteiger partial charge on any atom is -0.338 e. The number of benzene rings is 1. The first-order chi connectivity index (χ1) is 9.84. The summed E-state index contributed by atoms with van der Waals surface area (Å²) in [6.45, 7) is 2.18. The summed E-state index contributed by atoms with van der Waals surface area (Å²) in [4.78, 5) is 15.5. The predicted molar refractivity (Wildman–Crippen MR) is 78.4 cm³/mol. The first kappa shape index (κ1) is 14.1. The zero-order chi connectivity index (χ0) is 14.0. The Balaban J connectivity index is 1.52. The van der Waals surface area contributed by atoms with Crippen LogP contribution in [-0.4, -0.2) is 28.7 Å². The van der Waals surface area contributed by atoms with Gasteiger partial charge in [-0.1, -0.05) is 30.3 Å². The maximum Gasteiger partial charge on any atom is 0.314 e. The number of imidazole rings is 1. The fourth-order valence-electron chi connectivity index (χ4n) is 1.91. The average molecular weight is 272 g/mol. The molecule has 0 spiro atoms. The van der Waals surface area contributed by atoms with Crippen molar-refractivity contribution in [2.45, 2.75) is 19.4 Å². The molecule has 2 amide bonds. The van der Waals surface area contributed by atoms with E-state index in [-0.39, 0.29) is 6.03 Å². The lowest BCUT2D eigenvalue weighted by Crippen LogP contribution is -2.37. The number of carbonyl (C=O) groups is 1. The minimum atomic E-state index is -0.105. The molecule has 1 aromatic heterocycles. The molecule has 0 aliphatic carbocycles. The number of hydrogen-bond donors (Lipinski definition) is 2. The fraction of sp³-hybridized carbons (Fsp3) is 0.333. The van der Waals surface area contributed by atoms with Crippen molar-refractivity contribution in [1.29, 1.82) is 0 Å². The number of hydrogen-bond acceptors (Lipinski definition) is 2. The van der Waals surface area contributed by atoms with E-state index in [9.17, 15) is 4.79 Å². The summed E-state index contributed by atoms with van der Waals surface area (Å²) in [7, 11) is 0. The van der Waals surface area contributed by atoms with Crippen LogP contribution < -0.4 is 10.6 Å². The van der Waals surface area contributed by atoms with Crippen LogP contribution in [0.1, 0.15) is 12.0 Å². The quantitative estimate of drug-likeness (QED) is 0.755. The number of carbonyl (C=O) groups excluding carboxylic acids is 1. The van der Waals surface area contributed by atoms with Gasteiger partial charge in [0.1, 0.15) is 0 Å². The molecular weight excluding hydrogens is 252 g/mol. The number of rotatable bonds is 7. The molecule has 0 saturated carbocycles. The molecule has 0 aliphatic heterocycles. The molecule has 0 saturated heterocycles. The number of urea groups is 1. The summed E-state index contributed by atoms with van der Waals surface area (Å²) in [6, 6.07) is 10.0. The van der Waals surface area contributed by atoms with Crippen LogP contribution in [-0.2, 0) is 13.0 Å². The largest absolute Gasteiger partial charge is 0.338 e. The molecule has 5 heteroatoms. The van der Waals surface area contributed by atoms with Crippen molar-refractivity contribution >= 4 is 6.03 Å². The fourth-order valence-corrected chi connectivity index (χ4v) is 1.91. The molecule has 106 valence electrons. The lowest BCUT2D eigenvalue weighted by molar-refractivity contribution is 0.240. The van der Waals surface area contributed by atoms with Crippen molar-refractivity contribution in [2.24, 2.45) is 0 Å². The van der Waals surface area contributed by atoms with Gasteiger partial charge in [-0.25, -0.2) is 9.78 Å². The maximum atomic E-state index is 11.6. The molecular formula is C15H20N4O. The second-order valence-corrected chi connectivity index (χ2v) is 4.57. The van der Waals surface area contributed by atoms with Gasteiger partial charge in [0.25, 0.3) is 0 Å². The van der Waals surface area contributed by atoms with Crippen LogP contribution in [0, 0.1) is 0 Å². The van der Waals surface area contributed by atoms with Crippen molar-refractivity contribution in [2.75, 3.05) is 13.1 Å². The van der Waals surface area contributed by atoms with Crippen molar-refractivity contribution in [3.8, 4) is 0 Å². The Hall–Kier alpha value is -2.30. The first-order valence-electron chi connectivity index (χ1n) is 6.86. The molecule has 5 nitrogen and oxygen atoms in total. The zero-order valence-corrected chi connectivity index (χ0v) is 11.5. The Morgan fingerprint density at radius 3 is 2.70 bits per heavy atom. The Morgan fingerprint density at radius 2 is 1.95 bits per heavy atom. The second-order valence-electron chi connectivity index (χ2n) is 4.57. The Bertz CT molecular complexity index is 496. The van der Waals surface area contributed by atoms with Gasteiger partial charge in [0.15, 0.2) is 0 Å². The SMILES string of the molecule is O=C(NCCCn1ccnc1)NCCc1ccccc1. The maximum absolute atomic E-state index is 11.6. The van der Waals surface area contributed by atoms with Gasteiger partial charge in [0.2, 0.25) is 0 Å². The van der Waals surface area contributed by atoms with E-state index in [1.165, 1.54) is 5.56 Å². The van der Waals surface area contributed by atoms with Crippen molar-refractivity contribution in [3.63, 3.8) is 0 Å². The monoisotopic (exact) mass is 272 g/mol. The van der Waals surface area contributed by atoms with Gasteiger partial charge in [0.05, 0.1) is 6.33 Å². The highest BCUT2D eigenvalue weighted by Crippen LogP contribution is 1.97. The number of nitrogens with zero attached hydrogens (tertiary/aromatic N) is 2. The van der Waals surface area contributed by atoms with E-state index in [1.807, 2.05) is 29.0 Å². The summed E-state index contributed by atoms with van der Waals surface area (Å²) < 4.78 is 2.00. The minimum absolute atomic E-state index is 0.105. The first-order valence-corrected chi connectivity index (χ1v) is 6.86. The molecule has 0 unspecified atom stereocenters. The number of nitrogens with one attached hydrogen (secondary N) is 2. The van der Waals surface area contributed by atoms with Gasteiger partial charge >= 0.3 is 6.03 Å². The van der Waals surface area contributed by atoms with E-state index in [2.05, 4.69) is 27.8 Å². The van der Waals surface area contributed by atoms with Crippen LogP contribution in [0.5, 0.6) is 0 Å². The summed E-state index contributed by atoms with van der Waals surface area (Å²) >= 11 is 0. The molecule has 0 radical (unpaired) electrons. The molecule has 0 bridgehead atoms. The molecule has 0 aliphatic rings. The van der Waals surface area contributed by atoms with E-state index >= 15 is 0 Å². The van der Waals surface area contributed by atoms with Crippen LogP contribution in [0.15, 0.2) is 49.1 Å². The van der Waals surface area contributed by atoms with E-state index < -0.39 is 0 Å². The highest BCUT2D eigenvalue weighted by Gasteiger charge is 1.99. The van der Waals surface area contributed by atoms with Crippen LogP contribution >= 0.6 is 0 Å². The van der Waals surface area contributed by atoms with Crippen LogP contribution in [0.2, 0.25) is 0 Å². The molecule has 20 heavy (non-hydrogen) atoms. The Labute approximate surface area is 119 Å². The van der Waals surface area contributed by atoms with Gasteiger partial charge in [0, 0.05) is 32.0 Å². The third-order valence-electron chi connectivity index (χ3n) is 2.98. The molecule has 0 fully saturated rings. The highest BCUT2D eigenvalue weighted by atomic mass is 16.2. The van der Waals surface area contributed by atoms with Gasteiger partial charge in [-0.2, -0.15) is 0 Å². The van der Waals surface area contributed by atoms with Crippen molar-refractivity contribution in [1.82, 2.24) is 20.2 Å². The van der Waals surface area contributed by atoms with Crippen molar-refractivity contribution < 1.29 is 4.79 Å². The average Bonchev–Trinajstić information content (AvgIpc) is 2.98. The van der Waals surface area contributed by atoms with Crippen LogP contribution in [0.4, 0.5) is 4.79 Å². The lowest BCUT2D eigenvalue weighted by Gasteiger charge is -2.08. The zero-order valence-electron chi connectivity index (χ0n) is 11.5. The molecule has 2 rings (SSSR count). The molecule has 2 N–H and O–H groups in total. The van der Waals surface area contributed by atoms with E-state index in [4.69, 9.17) is 0 Å². The van der Waals surface area contributed by atoms with Gasteiger partial charge < -0.3 is 15.2 Å². The number of amides is 2. The summed E-state index contributed by atoms with van der Waals surface area (Å²) in [6.07, 6.45) is 7.19. The standard InChI is InChI=1S/C15H20N4O/c20-15(17-8-4-11-19-12-10-16-13-19)18-9-7-14-5-2-1-3-6-14/h1-3,5-6,10,12-13H,4,7-9,11H2,(H2,17,18,20). The van der Waals surface area contributed by atoms with E-state index in [1.54, 1.807) is 12.5 Å². The Morgan fingerprint density at radius 1 is 1.15 bits per heavy atom. The van der Waals surface area contributed by atoms with Crippen LogP contribution in [0.3, 0.4) is 0 Å². The smallest absolute Gasteiger partial charge is 0.314 e. The van der Waals surface area contributed by atoms with E-state index in [0.29, 0.717) is 13.1 Å².